The average molecular weight is 394 g/mol. The fraction of sp³-hybridized carbons (Fsp3) is 0.235. The quantitative estimate of drug-likeness (QED) is 0.512. The number of hydrogen-bond acceptors (Lipinski definition) is 5. The van der Waals surface area contributed by atoms with Crippen molar-refractivity contribution in [3.63, 3.8) is 0 Å². The van der Waals surface area contributed by atoms with E-state index in [0.717, 1.165) is 16.0 Å². The van der Waals surface area contributed by atoms with Gasteiger partial charge >= 0.3 is 0 Å². The highest BCUT2D eigenvalue weighted by Gasteiger charge is 2.13. The van der Waals surface area contributed by atoms with Crippen molar-refractivity contribution in [2.24, 2.45) is 0 Å². The molecule has 0 fully saturated rings. The van der Waals surface area contributed by atoms with Gasteiger partial charge in [-0.3, -0.25) is 9.59 Å². The Morgan fingerprint density at radius 2 is 2.08 bits per heavy atom. The molecular weight excluding hydrogens is 378 g/mol. The molecular formula is C17H16ClN3O2S2. The smallest absolute Gasteiger partial charge is 0.260 e. The lowest BCUT2D eigenvalue weighted by Crippen LogP contribution is -2.16. The van der Waals surface area contributed by atoms with Crippen molar-refractivity contribution in [1.29, 1.82) is 0 Å². The molecule has 2 aromatic heterocycles. The number of fused-ring (bicyclic) bond motifs is 1. The number of nitrogens with one attached hydrogen (secondary N) is 2. The second kappa shape index (κ2) is 7.19. The normalized spacial score (nSPS) is 11.0. The van der Waals surface area contributed by atoms with Crippen LogP contribution in [0.25, 0.3) is 10.2 Å². The molecule has 1 amide bonds. The molecule has 130 valence electrons. The van der Waals surface area contributed by atoms with Crippen LogP contribution in [0.5, 0.6) is 0 Å². The minimum absolute atomic E-state index is 0.143. The summed E-state index contributed by atoms with van der Waals surface area (Å²) in [4.78, 5) is 33.4. The molecule has 1 aromatic carbocycles. The lowest BCUT2D eigenvalue weighted by molar-refractivity contribution is -0.113. The lowest BCUT2D eigenvalue weighted by Gasteiger charge is -2.09. The van der Waals surface area contributed by atoms with Gasteiger partial charge in [-0.2, -0.15) is 0 Å². The number of carbonyl (C=O) groups excluding carboxylic acids is 1. The molecule has 0 radical (unpaired) electrons. The first-order valence-electron chi connectivity index (χ1n) is 7.54. The Kier molecular flexibility index (Phi) is 5.17. The average Bonchev–Trinajstić information content (AvgIpc) is 2.85. The molecule has 0 aliphatic heterocycles. The third-order valence-electron chi connectivity index (χ3n) is 3.90. The third kappa shape index (κ3) is 3.73. The molecule has 0 saturated heterocycles. The number of halogens is 1. The predicted octanol–water partition coefficient (Wildman–Crippen LogP) is 4.29. The Morgan fingerprint density at radius 3 is 2.84 bits per heavy atom. The monoisotopic (exact) mass is 393 g/mol. The second-order valence-electron chi connectivity index (χ2n) is 5.58. The van der Waals surface area contributed by atoms with Crippen LogP contribution < -0.4 is 10.9 Å². The van der Waals surface area contributed by atoms with E-state index in [1.807, 2.05) is 20.8 Å². The van der Waals surface area contributed by atoms with E-state index in [0.29, 0.717) is 26.1 Å². The number of nitrogens with zero attached hydrogens (tertiary/aromatic N) is 1. The molecule has 25 heavy (non-hydrogen) atoms. The van der Waals surface area contributed by atoms with E-state index in [9.17, 15) is 9.59 Å². The van der Waals surface area contributed by atoms with Crippen molar-refractivity contribution in [3.05, 3.63) is 49.6 Å². The van der Waals surface area contributed by atoms with Crippen molar-refractivity contribution in [3.8, 4) is 0 Å². The zero-order chi connectivity index (χ0) is 18.1. The van der Waals surface area contributed by atoms with Gasteiger partial charge in [0.05, 0.1) is 11.1 Å². The van der Waals surface area contributed by atoms with E-state index in [1.165, 1.54) is 23.1 Å². The summed E-state index contributed by atoms with van der Waals surface area (Å²) < 4.78 is 0. The van der Waals surface area contributed by atoms with Gasteiger partial charge in [0.25, 0.3) is 5.56 Å². The van der Waals surface area contributed by atoms with Crippen molar-refractivity contribution < 1.29 is 4.79 Å². The van der Waals surface area contributed by atoms with Crippen LogP contribution in [0.2, 0.25) is 5.02 Å². The van der Waals surface area contributed by atoms with Crippen molar-refractivity contribution in [1.82, 2.24) is 9.97 Å². The standard InChI is InChI=1S/C17H16ClN3O2S2/c1-8-10(3)25-16-14(8)15(23)20-17(21-16)24-7-13(22)19-12-6-4-5-11(18)9(12)2/h4-6H,7H2,1-3H3,(H,19,22)(H,20,21,23). The zero-order valence-electron chi connectivity index (χ0n) is 13.9. The number of aromatic nitrogens is 2. The fourth-order valence-corrected chi connectivity index (χ4v) is 4.29. The van der Waals surface area contributed by atoms with E-state index < -0.39 is 0 Å². The van der Waals surface area contributed by atoms with Crippen molar-refractivity contribution in [2.75, 3.05) is 11.1 Å². The van der Waals surface area contributed by atoms with Gasteiger partial charge in [0.15, 0.2) is 5.16 Å². The number of aromatic amines is 1. The summed E-state index contributed by atoms with van der Waals surface area (Å²) >= 11 is 8.74. The third-order valence-corrected chi connectivity index (χ3v) is 6.28. The van der Waals surface area contributed by atoms with Crippen LogP contribution in [-0.4, -0.2) is 21.6 Å². The molecule has 3 rings (SSSR count). The van der Waals surface area contributed by atoms with Crippen molar-refractivity contribution >= 4 is 56.5 Å². The number of carbonyl (C=O) groups is 1. The number of aryl methyl sites for hydroxylation is 2. The largest absolute Gasteiger partial charge is 0.325 e. The maximum atomic E-state index is 12.2. The highest BCUT2D eigenvalue weighted by atomic mass is 35.5. The van der Waals surface area contributed by atoms with Gasteiger partial charge in [0.1, 0.15) is 4.83 Å². The summed E-state index contributed by atoms with van der Waals surface area (Å²) in [6.07, 6.45) is 0. The number of thiophene rings is 1. The summed E-state index contributed by atoms with van der Waals surface area (Å²) in [6, 6.07) is 5.36. The zero-order valence-corrected chi connectivity index (χ0v) is 16.3. The molecule has 0 aliphatic rings. The summed E-state index contributed by atoms with van der Waals surface area (Å²) in [5.74, 6) is -0.0411. The molecule has 2 heterocycles. The first kappa shape index (κ1) is 18.0. The number of benzene rings is 1. The number of rotatable bonds is 4. The SMILES string of the molecule is Cc1sc2nc(SCC(=O)Nc3cccc(Cl)c3C)[nH]c(=O)c2c1C. The maximum absolute atomic E-state index is 12.2. The highest BCUT2D eigenvalue weighted by Crippen LogP contribution is 2.27. The molecule has 8 heteroatoms. The number of H-pyrrole nitrogens is 1. The molecule has 0 unspecified atom stereocenters. The number of amides is 1. The number of thioether (sulfide) groups is 1. The lowest BCUT2D eigenvalue weighted by atomic mass is 10.2. The molecule has 0 aliphatic carbocycles. The van der Waals surface area contributed by atoms with Crippen LogP contribution in [0.15, 0.2) is 28.2 Å². The maximum Gasteiger partial charge on any atom is 0.260 e. The molecule has 5 nitrogen and oxygen atoms in total. The minimum Gasteiger partial charge on any atom is -0.325 e. The van der Waals surface area contributed by atoms with E-state index in [4.69, 9.17) is 11.6 Å². The van der Waals surface area contributed by atoms with Gasteiger partial charge < -0.3 is 10.3 Å². The van der Waals surface area contributed by atoms with Gasteiger partial charge in [-0.05, 0) is 44.0 Å². The summed E-state index contributed by atoms with van der Waals surface area (Å²) in [5.41, 5.74) is 2.29. The van der Waals surface area contributed by atoms with Gasteiger partial charge in [0.2, 0.25) is 5.91 Å². The highest BCUT2D eigenvalue weighted by molar-refractivity contribution is 7.99. The van der Waals surface area contributed by atoms with Gasteiger partial charge in [-0.15, -0.1) is 11.3 Å². The summed E-state index contributed by atoms with van der Waals surface area (Å²) in [7, 11) is 0. The van der Waals surface area contributed by atoms with E-state index in [-0.39, 0.29) is 17.2 Å². The predicted molar refractivity (Wildman–Crippen MR) is 105 cm³/mol. The van der Waals surface area contributed by atoms with E-state index >= 15 is 0 Å². The molecule has 0 spiro atoms. The number of anilines is 1. The summed E-state index contributed by atoms with van der Waals surface area (Å²) in [6.45, 7) is 5.73. The van der Waals surface area contributed by atoms with Gasteiger partial charge in [0, 0.05) is 15.6 Å². The Hall–Kier alpha value is -1.83. The Bertz CT molecular complexity index is 1030. The second-order valence-corrected chi connectivity index (χ2v) is 8.16. The van der Waals surface area contributed by atoms with Crippen LogP contribution >= 0.6 is 34.7 Å². The Labute approximate surface area is 157 Å². The van der Waals surface area contributed by atoms with Crippen LogP contribution in [0.1, 0.15) is 16.0 Å². The first-order valence-corrected chi connectivity index (χ1v) is 9.72. The van der Waals surface area contributed by atoms with Crippen LogP contribution in [0.4, 0.5) is 5.69 Å². The van der Waals surface area contributed by atoms with Gasteiger partial charge in [-0.1, -0.05) is 29.4 Å². The molecule has 0 atom stereocenters. The van der Waals surface area contributed by atoms with Gasteiger partial charge in [-0.25, -0.2) is 4.98 Å². The van der Waals surface area contributed by atoms with Crippen molar-refractivity contribution in [2.45, 2.75) is 25.9 Å². The molecule has 2 N–H and O–H groups in total. The molecule has 0 bridgehead atoms. The number of hydrogen-bond donors (Lipinski definition) is 2. The topological polar surface area (TPSA) is 74.8 Å². The first-order chi connectivity index (χ1) is 11.9. The Morgan fingerprint density at radius 1 is 1.32 bits per heavy atom. The summed E-state index contributed by atoms with van der Waals surface area (Å²) in [5, 5.41) is 4.50. The van der Waals surface area contributed by atoms with Crippen LogP contribution in [0, 0.1) is 20.8 Å². The Balaban J connectivity index is 1.73. The van der Waals surface area contributed by atoms with Crippen LogP contribution in [0.3, 0.4) is 0 Å². The minimum atomic E-state index is -0.184. The molecule has 0 saturated carbocycles. The van der Waals surface area contributed by atoms with E-state index in [2.05, 4.69) is 15.3 Å². The molecule has 3 aromatic rings. The van der Waals surface area contributed by atoms with E-state index in [1.54, 1.807) is 18.2 Å². The van der Waals surface area contributed by atoms with Crippen LogP contribution in [-0.2, 0) is 4.79 Å². The fourth-order valence-electron chi connectivity index (χ4n) is 2.37.